The van der Waals surface area contributed by atoms with Crippen LogP contribution in [0, 0.1) is 10.1 Å². The first kappa shape index (κ1) is 12.0. The quantitative estimate of drug-likeness (QED) is 0.595. The molecule has 0 radical (unpaired) electrons. The Labute approximate surface area is 88.1 Å². The van der Waals surface area contributed by atoms with E-state index >= 15 is 0 Å². The van der Waals surface area contributed by atoms with Crippen LogP contribution in [0.25, 0.3) is 6.08 Å². The molecule has 0 amide bonds. The van der Waals surface area contributed by atoms with E-state index in [0.29, 0.717) is 0 Å². The summed E-state index contributed by atoms with van der Waals surface area (Å²) >= 11 is 0. The van der Waals surface area contributed by atoms with Crippen LogP contribution in [0.3, 0.4) is 0 Å². The number of rotatable bonds is 3. The molecule has 0 unspecified atom stereocenters. The van der Waals surface area contributed by atoms with Crippen molar-refractivity contribution in [3.8, 4) is 5.75 Å². The lowest BCUT2D eigenvalue weighted by Gasteiger charge is -2.09. The summed E-state index contributed by atoms with van der Waals surface area (Å²) in [5.41, 5.74) is -0.790. The number of ether oxygens (including phenoxy) is 1. The molecule has 0 aliphatic rings. The average molecular weight is 233 g/mol. The van der Waals surface area contributed by atoms with Crippen LogP contribution >= 0.6 is 0 Å². The molecule has 16 heavy (non-hydrogen) atoms. The fraction of sp³-hybridized carbons (Fsp3) is 0.111. The van der Waals surface area contributed by atoms with E-state index in [-0.39, 0.29) is 5.56 Å². The van der Waals surface area contributed by atoms with Gasteiger partial charge in [0, 0.05) is 0 Å². The Morgan fingerprint density at radius 1 is 1.44 bits per heavy atom. The first-order valence-electron chi connectivity index (χ1n) is 4.00. The molecular formula is C9H6F3NO3. The summed E-state index contributed by atoms with van der Waals surface area (Å²) in [5, 5.41) is 10.6. The number of para-hydroxylation sites is 1. The number of hydrogen-bond donors (Lipinski definition) is 0. The Hall–Kier alpha value is -2.05. The second-order valence-electron chi connectivity index (χ2n) is 2.70. The topological polar surface area (TPSA) is 52.4 Å². The second-order valence-corrected chi connectivity index (χ2v) is 2.70. The number of alkyl halides is 3. The molecular weight excluding hydrogens is 227 g/mol. The van der Waals surface area contributed by atoms with Crippen LogP contribution in [0.15, 0.2) is 24.8 Å². The highest BCUT2D eigenvalue weighted by Crippen LogP contribution is 2.34. The summed E-state index contributed by atoms with van der Waals surface area (Å²) in [5.74, 6) is -0.852. The molecule has 0 aliphatic heterocycles. The number of nitro groups is 1. The maximum atomic E-state index is 11.9. The van der Waals surface area contributed by atoms with E-state index in [9.17, 15) is 23.3 Å². The number of benzene rings is 1. The van der Waals surface area contributed by atoms with Gasteiger partial charge in [-0.05, 0) is 12.1 Å². The van der Waals surface area contributed by atoms with Gasteiger partial charge in [0.1, 0.15) is 0 Å². The van der Waals surface area contributed by atoms with Gasteiger partial charge in [-0.15, -0.1) is 13.2 Å². The van der Waals surface area contributed by atoms with E-state index in [1.807, 2.05) is 0 Å². The highest BCUT2D eigenvalue weighted by atomic mass is 19.4. The van der Waals surface area contributed by atoms with Gasteiger partial charge in [-0.2, -0.15) is 0 Å². The molecule has 0 atom stereocenters. The van der Waals surface area contributed by atoms with Crippen molar-refractivity contribution in [2.45, 2.75) is 6.36 Å². The molecule has 0 N–H and O–H groups in total. The van der Waals surface area contributed by atoms with Gasteiger partial charge in [0.2, 0.25) is 5.75 Å². The van der Waals surface area contributed by atoms with Crippen molar-refractivity contribution in [2.75, 3.05) is 0 Å². The van der Waals surface area contributed by atoms with E-state index in [1.54, 1.807) is 0 Å². The predicted octanol–water partition coefficient (Wildman–Crippen LogP) is 3.14. The van der Waals surface area contributed by atoms with Crippen molar-refractivity contribution in [1.29, 1.82) is 0 Å². The molecule has 1 rings (SSSR count). The lowest BCUT2D eigenvalue weighted by atomic mass is 10.1. The summed E-state index contributed by atoms with van der Waals surface area (Å²) in [6.07, 6.45) is -3.88. The highest BCUT2D eigenvalue weighted by molar-refractivity contribution is 5.65. The molecule has 1 aromatic rings. The van der Waals surface area contributed by atoms with Crippen molar-refractivity contribution in [1.82, 2.24) is 0 Å². The smallest absolute Gasteiger partial charge is 0.398 e. The van der Waals surface area contributed by atoms with Crippen LogP contribution < -0.4 is 4.74 Å². The summed E-state index contributed by atoms with van der Waals surface area (Å²) < 4.78 is 39.4. The highest BCUT2D eigenvalue weighted by Gasteiger charge is 2.34. The minimum absolute atomic E-state index is 0.0354. The van der Waals surface area contributed by atoms with Crippen LogP contribution in [-0.2, 0) is 0 Å². The number of nitrogens with zero attached hydrogens (tertiary/aromatic N) is 1. The number of halogens is 3. The minimum atomic E-state index is -4.97. The standard InChI is InChI=1S/C9H6F3NO3/c1-2-6-4-3-5-7(8(6)13(14)15)16-9(10,11)12/h2-5H,1H2. The van der Waals surface area contributed by atoms with Crippen LogP contribution in [0.4, 0.5) is 18.9 Å². The van der Waals surface area contributed by atoms with E-state index in [1.165, 1.54) is 12.1 Å². The van der Waals surface area contributed by atoms with Crippen molar-refractivity contribution in [3.05, 3.63) is 40.5 Å². The third kappa shape index (κ3) is 2.72. The van der Waals surface area contributed by atoms with Gasteiger partial charge in [-0.25, -0.2) is 0 Å². The van der Waals surface area contributed by atoms with Crippen molar-refractivity contribution >= 4 is 11.8 Å². The third-order valence-electron chi connectivity index (χ3n) is 1.66. The fourth-order valence-electron chi connectivity index (χ4n) is 1.11. The zero-order chi connectivity index (χ0) is 12.3. The van der Waals surface area contributed by atoms with Gasteiger partial charge in [-0.1, -0.05) is 18.7 Å². The van der Waals surface area contributed by atoms with Gasteiger partial charge >= 0.3 is 12.0 Å². The SMILES string of the molecule is C=Cc1cccc(OC(F)(F)F)c1[N+](=O)[O-]. The Balaban J connectivity index is 3.28. The molecule has 4 nitrogen and oxygen atoms in total. The van der Waals surface area contributed by atoms with Crippen molar-refractivity contribution in [3.63, 3.8) is 0 Å². The fourth-order valence-corrected chi connectivity index (χ4v) is 1.11. The molecule has 0 aromatic heterocycles. The maximum absolute atomic E-state index is 11.9. The number of nitro benzene ring substituents is 1. The Morgan fingerprint density at radius 2 is 2.06 bits per heavy atom. The monoisotopic (exact) mass is 233 g/mol. The lowest BCUT2D eigenvalue weighted by molar-refractivity contribution is -0.388. The first-order chi connectivity index (χ1) is 7.35. The maximum Gasteiger partial charge on any atom is 0.573 e. The largest absolute Gasteiger partial charge is 0.573 e. The minimum Gasteiger partial charge on any atom is -0.398 e. The van der Waals surface area contributed by atoms with Gasteiger partial charge in [0.05, 0.1) is 10.5 Å². The summed E-state index contributed by atoms with van der Waals surface area (Å²) in [6.45, 7) is 3.27. The van der Waals surface area contributed by atoms with E-state index in [4.69, 9.17) is 0 Å². The Kier molecular flexibility index (Phi) is 3.17. The molecule has 0 aliphatic carbocycles. The van der Waals surface area contributed by atoms with Gasteiger partial charge in [0.15, 0.2) is 0 Å². The first-order valence-corrected chi connectivity index (χ1v) is 4.00. The molecule has 0 saturated heterocycles. The van der Waals surface area contributed by atoms with Crippen LogP contribution in [0.1, 0.15) is 5.56 Å². The van der Waals surface area contributed by atoms with Gasteiger partial charge < -0.3 is 4.74 Å². The predicted molar refractivity (Wildman–Crippen MR) is 49.9 cm³/mol. The second kappa shape index (κ2) is 4.21. The summed E-state index contributed by atoms with van der Waals surface area (Å²) in [4.78, 5) is 9.65. The molecule has 0 fully saturated rings. The van der Waals surface area contributed by atoms with Gasteiger partial charge in [0.25, 0.3) is 0 Å². The summed E-state index contributed by atoms with van der Waals surface area (Å²) in [6, 6.07) is 3.36. The van der Waals surface area contributed by atoms with Gasteiger partial charge in [-0.3, -0.25) is 10.1 Å². The molecule has 0 heterocycles. The molecule has 86 valence electrons. The molecule has 1 aromatic carbocycles. The average Bonchev–Trinajstić information content (AvgIpc) is 2.14. The normalized spacial score (nSPS) is 10.9. The zero-order valence-electron chi connectivity index (χ0n) is 7.82. The zero-order valence-corrected chi connectivity index (χ0v) is 7.82. The van der Waals surface area contributed by atoms with Crippen LogP contribution in [0.5, 0.6) is 5.75 Å². The molecule has 0 saturated carbocycles. The van der Waals surface area contributed by atoms with Crippen molar-refractivity contribution < 1.29 is 22.8 Å². The Bertz CT molecular complexity index is 428. The van der Waals surface area contributed by atoms with Crippen LogP contribution in [-0.4, -0.2) is 11.3 Å². The Morgan fingerprint density at radius 3 is 2.50 bits per heavy atom. The summed E-state index contributed by atoms with van der Waals surface area (Å²) in [7, 11) is 0. The number of hydrogen-bond acceptors (Lipinski definition) is 3. The van der Waals surface area contributed by atoms with Crippen LogP contribution in [0.2, 0.25) is 0 Å². The third-order valence-corrected chi connectivity index (χ3v) is 1.66. The molecule has 7 heteroatoms. The molecule has 0 bridgehead atoms. The lowest BCUT2D eigenvalue weighted by Crippen LogP contribution is -2.18. The van der Waals surface area contributed by atoms with Crippen molar-refractivity contribution in [2.24, 2.45) is 0 Å². The van der Waals surface area contributed by atoms with E-state index in [0.717, 1.165) is 12.1 Å². The van der Waals surface area contributed by atoms with E-state index < -0.39 is 22.7 Å². The van der Waals surface area contributed by atoms with E-state index in [2.05, 4.69) is 11.3 Å². The molecule has 0 spiro atoms.